The molecule has 0 bridgehead atoms. The van der Waals surface area contributed by atoms with Gasteiger partial charge in [0, 0.05) is 6.42 Å². The van der Waals surface area contributed by atoms with E-state index in [-0.39, 0.29) is 0 Å². The predicted molar refractivity (Wildman–Crippen MR) is 58.3 cm³/mol. The maximum absolute atomic E-state index is 3.10. The molecule has 0 aromatic rings. The maximum Gasteiger partial charge on any atom is 0.0305 e. The average Bonchev–Trinajstić information content (AvgIpc) is 2.27. The smallest absolute Gasteiger partial charge is 0.0305 e. The zero-order valence-electron chi connectivity index (χ0n) is 8.65. The Kier molecular flexibility index (Phi) is 3.58. The first kappa shape index (κ1) is 9.86. The summed E-state index contributed by atoms with van der Waals surface area (Å²) in [6, 6.07) is 0. The van der Waals surface area contributed by atoms with Crippen LogP contribution in [-0.4, -0.2) is 0 Å². The van der Waals surface area contributed by atoms with Crippen molar-refractivity contribution in [1.29, 1.82) is 0 Å². The molecule has 68 valence electrons. The van der Waals surface area contributed by atoms with Crippen molar-refractivity contribution < 1.29 is 0 Å². The zero-order chi connectivity index (χ0) is 9.68. The largest absolute Gasteiger partial charge is 0.0941 e. The summed E-state index contributed by atoms with van der Waals surface area (Å²) >= 11 is 0. The van der Waals surface area contributed by atoms with Crippen molar-refractivity contribution in [3.05, 3.63) is 34.9 Å². The minimum atomic E-state index is 0.916. The molecular weight excluding hydrogens is 156 g/mol. The van der Waals surface area contributed by atoms with Crippen LogP contribution in [0.4, 0.5) is 0 Å². The van der Waals surface area contributed by atoms with Gasteiger partial charge in [0.25, 0.3) is 0 Å². The highest BCUT2D eigenvalue weighted by Crippen LogP contribution is 2.16. The van der Waals surface area contributed by atoms with Crippen LogP contribution in [0.5, 0.6) is 0 Å². The topological polar surface area (TPSA) is 0 Å². The Hall–Kier alpha value is -1.22. The highest BCUT2D eigenvalue weighted by atomic mass is 14.0. The molecule has 0 fully saturated rings. The van der Waals surface area contributed by atoms with E-state index < -0.39 is 0 Å². The fourth-order valence-electron chi connectivity index (χ4n) is 1.20. The molecule has 13 heavy (non-hydrogen) atoms. The van der Waals surface area contributed by atoms with Gasteiger partial charge in [-0.05, 0) is 38.8 Å². The quantitative estimate of drug-likeness (QED) is 0.441. The predicted octanol–water partition coefficient (Wildman–Crippen LogP) is 3.62. The Labute approximate surface area is 81.0 Å². The molecule has 0 nitrogen and oxygen atoms in total. The summed E-state index contributed by atoms with van der Waals surface area (Å²) in [5, 5.41) is 0. The van der Waals surface area contributed by atoms with Crippen LogP contribution in [-0.2, 0) is 0 Å². The second-order valence-electron chi connectivity index (χ2n) is 3.62. The van der Waals surface area contributed by atoms with Crippen LogP contribution in [0.2, 0.25) is 0 Å². The summed E-state index contributed by atoms with van der Waals surface area (Å²) in [6.07, 6.45) is 8.29. The summed E-state index contributed by atoms with van der Waals surface area (Å²) in [5.41, 5.74) is 4.18. The fraction of sp³-hybridized carbons (Fsp3) is 0.385. The molecule has 0 atom stereocenters. The summed E-state index contributed by atoms with van der Waals surface area (Å²) in [5.74, 6) is 6.10. The summed E-state index contributed by atoms with van der Waals surface area (Å²) in [7, 11) is 0. The molecule has 0 radical (unpaired) electrons. The van der Waals surface area contributed by atoms with E-state index in [0.717, 1.165) is 12.8 Å². The molecule has 1 aliphatic rings. The molecule has 0 heteroatoms. The van der Waals surface area contributed by atoms with E-state index in [2.05, 4.69) is 44.8 Å². The summed E-state index contributed by atoms with van der Waals surface area (Å²) < 4.78 is 0. The monoisotopic (exact) mass is 172 g/mol. The van der Waals surface area contributed by atoms with Gasteiger partial charge in [-0.3, -0.25) is 0 Å². The van der Waals surface area contributed by atoms with E-state index in [1.54, 1.807) is 0 Å². The molecule has 0 amide bonds. The first-order valence-electron chi connectivity index (χ1n) is 4.67. The molecule has 0 saturated carbocycles. The van der Waals surface area contributed by atoms with Gasteiger partial charge in [0.1, 0.15) is 0 Å². The van der Waals surface area contributed by atoms with Crippen LogP contribution >= 0.6 is 0 Å². The minimum absolute atomic E-state index is 0.916. The van der Waals surface area contributed by atoms with Crippen molar-refractivity contribution >= 4 is 0 Å². The fourth-order valence-corrected chi connectivity index (χ4v) is 1.20. The lowest BCUT2D eigenvalue weighted by atomic mass is 10.0. The van der Waals surface area contributed by atoms with E-state index in [0.29, 0.717) is 0 Å². The van der Waals surface area contributed by atoms with Crippen molar-refractivity contribution in [3.8, 4) is 11.8 Å². The number of hydrogen-bond donors (Lipinski definition) is 0. The van der Waals surface area contributed by atoms with Gasteiger partial charge in [-0.15, -0.1) is 0 Å². The van der Waals surface area contributed by atoms with Gasteiger partial charge < -0.3 is 0 Å². The van der Waals surface area contributed by atoms with Crippen LogP contribution in [0.15, 0.2) is 34.9 Å². The first-order chi connectivity index (χ1) is 6.20. The first-order valence-corrected chi connectivity index (χ1v) is 4.67. The van der Waals surface area contributed by atoms with E-state index in [9.17, 15) is 0 Å². The molecule has 0 unspecified atom stereocenters. The average molecular weight is 172 g/mol. The lowest BCUT2D eigenvalue weighted by molar-refractivity contribution is 1.13. The molecule has 1 rings (SSSR count). The number of hydrogen-bond acceptors (Lipinski definition) is 0. The van der Waals surface area contributed by atoms with Gasteiger partial charge in [0.2, 0.25) is 0 Å². The lowest BCUT2D eigenvalue weighted by Gasteiger charge is -2.02. The van der Waals surface area contributed by atoms with Crippen molar-refractivity contribution in [1.82, 2.24) is 0 Å². The highest BCUT2D eigenvalue weighted by Gasteiger charge is 1.98. The Morgan fingerprint density at radius 1 is 1.54 bits per heavy atom. The Morgan fingerprint density at radius 2 is 2.31 bits per heavy atom. The van der Waals surface area contributed by atoms with Crippen molar-refractivity contribution in [2.45, 2.75) is 33.6 Å². The molecule has 1 aliphatic carbocycles. The van der Waals surface area contributed by atoms with Crippen molar-refractivity contribution in [2.75, 3.05) is 0 Å². The summed E-state index contributed by atoms with van der Waals surface area (Å²) in [4.78, 5) is 0. The van der Waals surface area contributed by atoms with E-state index in [1.165, 1.54) is 16.7 Å². The molecule has 0 aromatic heterocycles. The van der Waals surface area contributed by atoms with E-state index >= 15 is 0 Å². The minimum Gasteiger partial charge on any atom is -0.0941 e. The Morgan fingerprint density at radius 3 is 3.00 bits per heavy atom. The Bertz CT molecular complexity index is 323. The third-order valence-electron chi connectivity index (χ3n) is 2.10. The van der Waals surface area contributed by atoms with Gasteiger partial charge >= 0.3 is 0 Å². The van der Waals surface area contributed by atoms with Gasteiger partial charge in [-0.1, -0.05) is 35.1 Å². The number of rotatable bonds is 2. The van der Waals surface area contributed by atoms with E-state index in [1.807, 2.05) is 6.08 Å². The molecule has 0 saturated heterocycles. The molecular formula is C13H16. The molecule has 0 aliphatic heterocycles. The van der Waals surface area contributed by atoms with Gasteiger partial charge in [-0.25, -0.2) is 0 Å². The van der Waals surface area contributed by atoms with Crippen LogP contribution in [0.25, 0.3) is 0 Å². The molecule has 0 spiro atoms. The van der Waals surface area contributed by atoms with Crippen LogP contribution in [0.3, 0.4) is 0 Å². The SMILES string of the molecule is CC(C)=CCC1=C(C)CC#CC=C1. The van der Waals surface area contributed by atoms with Crippen molar-refractivity contribution in [3.63, 3.8) is 0 Å². The third-order valence-corrected chi connectivity index (χ3v) is 2.10. The molecule has 0 heterocycles. The second-order valence-corrected chi connectivity index (χ2v) is 3.62. The van der Waals surface area contributed by atoms with Gasteiger partial charge in [0.05, 0.1) is 0 Å². The maximum atomic E-state index is 3.10. The van der Waals surface area contributed by atoms with Crippen molar-refractivity contribution in [2.24, 2.45) is 0 Å². The summed E-state index contributed by atoms with van der Waals surface area (Å²) in [6.45, 7) is 6.43. The number of allylic oxidation sites excluding steroid dienone is 6. The zero-order valence-corrected chi connectivity index (χ0v) is 8.65. The highest BCUT2D eigenvalue weighted by molar-refractivity contribution is 5.37. The van der Waals surface area contributed by atoms with Crippen LogP contribution < -0.4 is 0 Å². The lowest BCUT2D eigenvalue weighted by Crippen LogP contribution is -1.83. The van der Waals surface area contributed by atoms with Crippen LogP contribution in [0.1, 0.15) is 33.6 Å². The third kappa shape index (κ3) is 3.34. The van der Waals surface area contributed by atoms with Gasteiger partial charge in [-0.2, -0.15) is 0 Å². The molecule has 0 aromatic carbocycles. The molecule has 0 N–H and O–H groups in total. The van der Waals surface area contributed by atoms with Gasteiger partial charge in [0.15, 0.2) is 0 Å². The normalized spacial score (nSPS) is 14.7. The van der Waals surface area contributed by atoms with Crippen LogP contribution in [0, 0.1) is 11.8 Å². The standard InChI is InChI=1S/C13H16/c1-11(2)9-10-13-8-6-4-5-7-12(13)3/h6,8-9H,7,10H2,1-3H3. The second kappa shape index (κ2) is 4.72. The Balaban J connectivity index is 2.73. The van der Waals surface area contributed by atoms with E-state index in [4.69, 9.17) is 0 Å².